The number of nitrogens with one attached hydrogen (secondary N) is 1. The molecule has 0 aliphatic carbocycles. The van der Waals surface area contributed by atoms with Gasteiger partial charge in [-0.15, -0.1) is 0 Å². The van der Waals surface area contributed by atoms with Crippen LogP contribution >= 0.6 is 0 Å². The highest BCUT2D eigenvalue weighted by atomic mass is 32.2. The van der Waals surface area contributed by atoms with Crippen molar-refractivity contribution in [3.8, 4) is 0 Å². The predicted molar refractivity (Wildman–Crippen MR) is 110 cm³/mol. The van der Waals surface area contributed by atoms with Gasteiger partial charge in [-0.25, -0.2) is 8.42 Å². The first-order valence-corrected chi connectivity index (χ1v) is 11.0. The van der Waals surface area contributed by atoms with E-state index in [0.29, 0.717) is 12.1 Å². The summed E-state index contributed by atoms with van der Waals surface area (Å²) in [5.41, 5.74) is 2.42. The van der Waals surface area contributed by atoms with Crippen LogP contribution in [0.5, 0.6) is 0 Å². The topological polar surface area (TPSA) is 86.7 Å². The Hall–Kier alpha value is -2.54. The monoisotopic (exact) mass is 402 g/mol. The first kappa shape index (κ1) is 20.2. The number of aryl methyl sites for hydroxylation is 1. The maximum absolute atomic E-state index is 12.6. The Kier molecular flexibility index (Phi) is 6.24. The third-order valence-corrected chi connectivity index (χ3v) is 6.53. The van der Waals surface area contributed by atoms with E-state index >= 15 is 0 Å². The molecule has 150 valence electrons. The second kappa shape index (κ2) is 8.65. The van der Waals surface area contributed by atoms with Gasteiger partial charge in [-0.2, -0.15) is 0 Å². The minimum atomic E-state index is -3.69. The Morgan fingerprint density at radius 1 is 1.07 bits per heavy atom. The number of rotatable bonds is 7. The number of hydrogen-bond donors (Lipinski definition) is 2. The third-order valence-electron chi connectivity index (χ3n) is 5.13. The van der Waals surface area contributed by atoms with Crippen LogP contribution in [0.1, 0.15) is 31.7 Å². The molecular formula is C21H26N2O4S. The molecule has 0 amide bonds. The van der Waals surface area contributed by atoms with Crippen molar-refractivity contribution in [2.24, 2.45) is 5.92 Å². The number of carbonyl (C=O) groups is 1. The summed E-state index contributed by atoms with van der Waals surface area (Å²) in [6.07, 6.45) is 2.75. The predicted octanol–water partition coefficient (Wildman–Crippen LogP) is 3.74. The van der Waals surface area contributed by atoms with Crippen LogP contribution in [0.25, 0.3) is 0 Å². The van der Waals surface area contributed by atoms with E-state index in [9.17, 15) is 13.2 Å². The number of benzene rings is 2. The molecule has 0 atom stereocenters. The van der Waals surface area contributed by atoms with Crippen molar-refractivity contribution in [3.05, 3.63) is 54.1 Å². The molecule has 0 spiro atoms. The van der Waals surface area contributed by atoms with E-state index in [1.807, 2.05) is 12.1 Å². The van der Waals surface area contributed by atoms with E-state index in [1.165, 1.54) is 25.0 Å². The number of anilines is 2. The Labute approximate surface area is 166 Å². The van der Waals surface area contributed by atoms with Crippen LogP contribution in [0.15, 0.2) is 53.4 Å². The largest absolute Gasteiger partial charge is 0.481 e. The molecule has 28 heavy (non-hydrogen) atoms. The molecule has 0 radical (unpaired) electrons. The van der Waals surface area contributed by atoms with E-state index in [2.05, 4.69) is 16.5 Å². The van der Waals surface area contributed by atoms with Gasteiger partial charge in [0.05, 0.1) is 4.90 Å². The number of carboxylic acids is 1. The smallest absolute Gasteiger partial charge is 0.303 e. The fourth-order valence-corrected chi connectivity index (χ4v) is 4.37. The molecule has 2 N–H and O–H groups in total. The fraction of sp³-hybridized carbons (Fsp3) is 0.381. The van der Waals surface area contributed by atoms with Gasteiger partial charge >= 0.3 is 5.97 Å². The van der Waals surface area contributed by atoms with Gasteiger partial charge in [-0.1, -0.05) is 19.1 Å². The molecule has 7 heteroatoms. The highest BCUT2D eigenvalue weighted by Crippen LogP contribution is 2.25. The van der Waals surface area contributed by atoms with Gasteiger partial charge in [0.2, 0.25) is 0 Å². The molecule has 2 aromatic carbocycles. The van der Waals surface area contributed by atoms with Gasteiger partial charge in [0.15, 0.2) is 0 Å². The Morgan fingerprint density at radius 2 is 1.68 bits per heavy atom. The highest BCUT2D eigenvalue weighted by molar-refractivity contribution is 7.92. The minimum absolute atomic E-state index is 0.0205. The highest BCUT2D eigenvalue weighted by Gasteiger charge is 2.17. The number of aliphatic carboxylic acids is 1. The van der Waals surface area contributed by atoms with Crippen LogP contribution < -0.4 is 9.62 Å². The second-order valence-corrected chi connectivity index (χ2v) is 9.04. The average molecular weight is 403 g/mol. The van der Waals surface area contributed by atoms with Gasteiger partial charge in [0.25, 0.3) is 10.0 Å². The van der Waals surface area contributed by atoms with Crippen molar-refractivity contribution in [3.63, 3.8) is 0 Å². The lowest BCUT2D eigenvalue weighted by atomic mass is 9.99. The molecule has 2 aromatic rings. The first-order valence-electron chi connectivity index (χ1n) is 9.52. The van der Waals surface area contributed by atoms with Gasteiger partial charge in [0.1, 0.15) is 0 Å². The molecule has 0 saturated carbocycles. The van der Waals surface area contributed by atoms with Crippen LogP contribution in [-0.4, -0.2) is 32.6 Å². The van der Waals surface area contributed by atoms with E-state index in [0.717, 1.165) is 30.3 Å². The lowest BCUT2D eigenvalue weighted by Crippen LogP contribution is -2.32. The number of carboxylic acid groups (broad SMARTS) is 1. The summed E-state index contributed by atoms with van der Waals surface area (Å²) in [7, 11) is -3.69. The molecule has 1 aliphatic heterocycles. The first-order chi connectivity index (χ1) is 13.3. The number of sulfonamides is 1. The van der Waals surface area contributed by atoms with E-state index in [-0.39, 0.29) is 11.3 Å². The molecule has 1 heterocycles. The maximum atomic E-state index is 12.6. The maximum Gasteiger partial charge on any atom is 0.303 e. The number of piperidine rings is 1. The summed E-state index contributed by atoms with van der Waals surface area (Å²) in [6, 6.07) is 13.8. The number of nitrogens with zero attached hydrogens (tertiary/aromatic N) is 1. The lowest BCUT2D eigenvalue weighted by molar-refractivity contribution is -0.136. The third kappa shape index (κ3) is 5.25. The fourth-order valence-electron chi connectivity index (χ4n) is 3.31. The summed E-state index contributed by atoms with van der Waals surface area (Å²) in [5.74, 6) is -0.112. The Morgan fingerprint density at radius 3 is 2.25 bits per heavy atom. The lowest BCUT2D eigenvalue weighted by Gasteiger charge is -2.32. The Bertz CT molecular complexity index is 900. The van der Waals surface area contributed by atoms with Crippen molar-refractivity contribution in [2.75, 3.05) is 22.7 Å². The van der Waals surface area contributed by atoms with E-state index in [1.54, 1.807) is 24.3 Å². The molecule has 1 fully saturated rings. The summed E-state index contributed by atoms with van der Waals surface area (Å²) >= 11 is 0. The summed E-state index contributed by atoms with van der Waals surface area (Å²) in [6.45, 7) is 4.33. The summed E-state index contributed by atoms with van der Waals surface area (Å²) in [5, 5.41) is 8.73. The number of hydrogen-bond acceptors (Lipinski definition) is 4. The van der Waals surface area contributed by atoms with Crippen LogP contribution in [-0.2, 0) is 21.2 Å². The van der Waals surface area contributed by atoms with Gasteiger partial charge in [-0.05, 0) is 67.1 Å². The summed E-state index contributed by atoms with van der Waals surface area (Å²) in [4.78, 5) is 13.1. The van der Waals surface area contributed by atoms with E-state index in [4.69, 9.17) is 5.11 Å². The van der Waals surface area contributed by atoms with Crippen LogP contribution in [0.4, 0.5) is 11.4 Å². The van der Waals surface area contributed by atoms with Gasteiger partial charge < -0.3 is 10.0 Å². The van der Waals surface area contributed by atoms with Crippen molar-refractivity contribution < 1.29 is 18.3 Å². The van der Waals surface area contributed by atoms with Crippen molar-refractivity contribution >= 4 is 27.4 Å². The van der Waals surface area contributed by atoms with Crippen molar-refractivity contribution in [1.29, 1.82) is 0 Å². The SMILES string of the molecule is CC1CCN(c2ccc(NS(=O)(=O)c3ccc(CCC(=O)O)cc3)cc2)CC1. The zero-order valence-corrected chi connectivity index (χ0v) is 16.8. The molecule has 3 rings (SSSR count). The van der Waals surface area contributed by atoms with Gasteiger partial charge in [-0.3, -0.25) is 9.52 Å². The molecule has 0 bridgehead atoms. The molecule has 0 aromatic heterocycles. The molecule has 1 saturated heterocycles. The molecular weight excluding hydrogens is 376 g/mol. The van der Waals surface area contributed by atoms with Crippen LogP contribution in [0.2, 0.25) is 0 Å². The minimum Gasteiger partial charge on any atom is -0.481 e. The van der Waals surface area contributed by atoms with Crippen molar-refractivity contribution in [2.45, 2.75) is 37.5 Å². The molecule has 1 aliphatic rings. The molecule has 0 unspecified atom stereocenters. The zero-order valence-electron chi connectivity index (χ0n) is 16.0. The normalized spacial score (nSPS) is 15.4. The van der Waals surface area contributed by atoms with Crippen molar-refractivity contribution in [1.82, 2.24) is 0 Å². The quantitative estimate of drug-likeness (QED) is 0.737. The zero-order chi connectivity index (χ0) is 20.1. The standard InChI is InChI=1S/C21H26N2O4S/c1-16-12-14-23(15-13-16)19-7-5-18(6-8-19)22-28(26,27)20-9-2-17(3-10-20)4-11-21(24)25/h2-3,5-10,16,22H,4,11-15H2,1H3,(H,24,25). The summed E-state index contributed by atoms with van der Waals surface area (Å²) < 4.78 is 27.8. The average Bonchev–Trinajstić information content (AvgIpc) is 2.68. The Balaban J connectivity index is 1.64. The second-order valence-electron chi connectivity index (χ2n) is 7.36. The van der Waals surface area contributed by atoms with Crippen LogP contribution in [0, 0.1) is 5.92 Å². The van der Waals surface area contributed by atoms with Gasteiger partial charge in [0, 0.05) is 30.9 Å². The van der Waals surface area contributed by atoms with Crippen LogP contribution in [0.3, 0.4) is 0 Å². The van der Waals surface area contributed by atoms with E-state index < -0.39 is 16.0 Å². The molecule has 6 nitrogen and oxygen atoms in total.